The van der Waals surface area contributed by atoms with E-state index in [9.17, 15) is 0 Å². The molecule has 0 aliphatic heterocycles. The molecular formula is C16H26ClN. The zero-order valence-electron chi connectivity index (χ0n) is 12.0. The normalized spacial score (nSPS) is 14.8. The Hall–Kier alpha value is -0.530. The molecule has 1 aromatic carbocycles. The van der Waals surface area contributed by atoms with Crippen LogP contribution in [0.15, 0.2) is 24.3 Å². The Bertz CT molecular complexity index is 331. The zero-order valence-corrected chi connectivity index (χ0v) is 12.8. The number of hydrogen-bond acceptors (Lipinski definition) is 1. The first kappa shape index (κ1) is 15.5. The van der Waals surface area contributed by atoms with Crippen LogP contribution >= 0.6 is 11.6 Å². The predicted octanol–water partition coefficient (Wildman–Crippen LogP) is 5.21. The molecule has 102 valence electrons. The first-order valence-electron chi connectivity index (χ1n) is 7.04. The van der Waals surface area contributed by atoms with E-state index in [1.54, 1.807) is 0 Å². The second kappa shape index (κ2) is 7.81. The summed E-state index contributed by atoms with van der Waals surface area (Å²) >= 11 is 5.93. The maximum Gasteiger partial charge on any atom is 0.0406 e. The molecule has 0 spiro atoms. The molecule has 0 amide bonds. The van der Waals surface area contributed by atoms with Crippen molar-refractivity contribution in [1.82, 2.24) is 5.32 Å². The maximum absolute atomic E-state index is 5.93. The minimum absolute atomic E-state index is 0.435. The molecule has 0 bridgehead atoms. The van der Waals surface area contributed by atoms with Crippen LogP contribution in [0.2, 0.25) is 5.02 Å². The van der Waals surface area contributed by atoms with E-state index in [1.165, 1.54) is 18.4 Å². The lowest BCUT2D eigenvalue weighted by atomic mass is 10.0. The molecule has 2 atom stereocenters. The summed E-state index contributed by atoms with van der Waals surface area (Å²) in [6, 6.07) is 9.19. The van der Waals surface area contributed by atoms with Gasteiger partial charge in [-0.3, -0.25) is 0 Å². The van der Waals surface area contributed by atoms with E-state index in [0.717, 1.165) is 17.4 Å². The topological polar surface area (TPSA) is 12.0 Å². The van der Waals surface area contributed by atoms with Gasteiger partial charge in [0.1, 0.15) is 0 Å². The number of hydrogen-bond donors (Lipinski definition) is 1. The Kier molecular flexibility index (Phi) is 6.73. The highest BCUT2D eigenvalue weighted by Crippen LogP contribution is 2.20. The predicted molar refractivity (Wildman–Crippen MR) is 81.2 cm³/mol. The van der Waals surface area contributed by atoms with Crippen LogP contribution in [-0.2, 0) is 0 Å². The van der Waals surface area contributed by atoms with Crippen LogP contribution in [0.25, 0.3) is 0 Å². The summed E-state index contributed by atoms with van der Waals surface area (Å²) in [7, 11) is 0. The molecule has 0 aliphatic carbocycles. The van der Waals surface area contributed by atoms with Gasteiger partial charge >= 0.3 is 0 Å². The van der Waals surface area contributed by atoms with Crippen molar-refractivity contribution in [3.05, 3.63) is 34.9 Å². The van der Waals surface area contributed by atoms with Crippen molar-refractivity contribution in [3.8, 4) is 0 Å². The van der Waals surface area contributed by atoms with Gasteiger partial charge in [-0.2, -0.15) is 0 Å². The Morgan fingerprint density at radius 3 is 2.17 bits per heavy atom. The molecule has 0 saturated heterocycles. The van der Waals surface area contributed by atoms with Crippen LogP contribution in [0.1, 0.15) is 58.6 Å². The van der Waals surface area contributed by atoms with E-state index >= 15 is 0 Å². The summed E-state index contributed by atoms with van der Waals surface area (Å²) in [6.07, 6.45) is 3.63. The molecule has 2 heteroatoms. The maximum atomic E-state index is 5.93. The van der Waals surface area contributed by atoms with E-state index in [0.29, 0.717) is 12.1 Å². The van der Waals surface area contributed by atoms with E-state index in [4.69, 9.17) is 11.6 Å². The molecule has 0 fully saturated rings. The van der Waals surface area contributed by atoms with Crippen molar-refractivity contribution in [1.29, 1.82) is 0 Å². The highest BCUT2D eigenvalue weighted by atomic mass is 35.5. The number of benzene rings is 1. The molecule has 18 heavy (non-hydrogen) atoms. The Morgan fingerprint density at radius 1 is 1.06 bits per heavy atom. The van der Waals surface area contributed by atoms with E-state index in [2.05, 4.69) is 45.1 Å². The molecule has 0 aliphatic rings. The van der Waals surface area contributed by atoms with Crippen LogP contribution in [-0.4, -0.2) is 6.04 Å². The van der Waals surface area contributed by atoms with Crippen molar-refractivity contribution in [3.63, 3.8) is 0 Å². The van der Waals surface area contributed by atoms with Gasteiger partial charge in [0.15, 0.2) is 0 Å². The van der Waals surface area contributed by atoms with Crippen molar-refractivity contribution < 1.29 is 0 Å². The molecule has 0 heterocycles. The van der Waals surface area contributed by atoms with Gasteiger partial charge in [0.05, 0.1) is 0 Å². The van der Waals surface area contributed by atoms with Gasteiger partial charge in [-0.1, -0.05) is 44.5 Å². The monoisotopic (exact) mass is 267 g/mol. The van der Waals surface area contributed by atoms with Gasteiger partial charge in [0, 0.05) is 17.1 Å². The summed E-state index contributed by atoms with van der Waals surface area (Å²) in [5, 5.41) is 4.52. The molecule has 1 N–H and O–H groups in total. The minimum atomic E-state index is 0.435. The highest BCUT2D eigenvalue weighted by molar-refractivity contribution is 6.30. The van der Waals surface area contributed by atoms with Gasteiger partial charge in [-0.05, 0) is 49.8 Å². The van der Waals surface area contributed by atoms with Crippen molar-refractivity contribution >= 4 is 11.6 Å². The zero-order chi connectivity index (χ0) is 13.5. The summed E-state index contributed by atoms with van der Waals surface area (Å²) in [5.74, 6) is 0.782. The van der Waals surface area contributed by atoms with Crippen LogP contribution in [0, 0.1) is 5.92 Å². The molecule has 0 radical (unpaired) electrons. The Balaban J connectivity index is 2.53. The lowest BCUT2D eigenvalue weighted by Gasteiger charge is -2.23. The molecule has 2 unspecified atom stereocenters. The van der Waals surface area contributed by atoms with Crippen molar-refractivity contribution in [2.45, 2.75) is 59.0 Å². The average molecular weight is 268 g/mol. The van der Waals surface area contributed by atoms with Crippen molar-refractivity contribution in [2.24, 2.45) is 5.92 Å². The summed E-state index contributed by atoms with van der Waals surface area (Å²) in [4.78, 5) is 0. The third kappa shape index (κ3) is 5.41. The van der Waals surface area contributed by atoms with Crippen LogP contribution in [0.5, 0.6) is 0 Å². The third-order valence-corrected chi connectivity index (χ3v) is 3.60. The second-order valence-electron chi connectivity index (χ2n) is 5.55. The third-order valence-electron chi connectivity index (χ3n) is 3.34. The fourth-order valence-electron chi connectivity index (χ4n) is 2.15. The Labute approximate surface area is 117 Å². The minimum Gasteiger partial charge on any atom is -0.307 e. The first-order valence-corrected chi connectivity index (χ1v) is 7.42. The van der Waals surface area contributed by atoms with Crippen LogP contribution < -0.4 is 5.32 Å². The molecule has 0 saturated carbocycles. The lowest BCUT2D eigenvalue weighted by Crippen LogP contribution is -2.30. The standard InChI is InChI=1S/C16H26ClN/c1-5-16(14-8-10-15(17)11-9-14)18-13(4)7-6-12(2)3/h8-13,16,18H,5-7H2,1-4H3. The van der Waals surface area contributed by atoms with Gasteiger partial charge in [0.2, 0.25) is 0 Å². The van der Waals surface area contributed by atoms with Gasteiger partial charge in [0.25, 0.3) is 0 Å². The average Bonchev–Trinajstić information content (AvgIpc) is 2.34. The van der Waals surface area contributed by atoms with Crippen molar-refractivity contribution in [2.75, 3.05) is 0 Å². The highest BCUT2D eigenvalue weighted by Gasteiger charge is 2.12. The Morgan fingerprint density at radius 2 is 1.67 bits per heavy atom. The second-order valence-corrected chi connectivity index (χ2v) is 5.99. The SMILES string of the molecule is CCC(NC(C)CCC(C)C)c1ccc(Cl)cc1. The quantitative estimate of drug-likeness (QED) is 0.715. The number of rotatable bonds is 7. The summed E-state index contributed by atoms with van der Waals surface area (Å²) in [6.45, 7) is 9.06. The van der Waals surface area contributed by atoms with E-state index in [1.807, 2.05) is 12.1 Å². The van der Waals surface area contributed by atoms with Gasteiger partial charge in [-0.25, -0.2) is 0 Å². The number of nitrogens with one attached hydrogen (secondary N) is 1. The molecule has 0 aromatic heterocycles. The fraction of sp³-hybridized carbons (Fsp3) is 0.625. The first-order chi connectivity index (χ1) is 8.52. The van der Waals surface area contributed by atoms with E-state index < -0.39 is 0 Å². The molecule has 1 aromatic rings. The number of halogens is 1. The lowest BCUT2D eigenvalue weighted by molar-refractivity contribution is 0.398. The van der Waals surface area contributed by atoms with E-state index in [-0.39, 0.29) is 0 Å². The van der Waals surface area contributed by atoms with Gasteiger partial charge in [-0.15, -0.1) is 0 Å². The fourth-order valence-corrected chi connectivity index (χ4v) is 2.28. The summed E-state index contributed by atoms with van der Waals surface area (Å²) in [5.41, 5.74) is 1.33. The molecule has 1 nitrogen and oxygen atoms in total. The smallest absolute Gasteiger partial charge is 0.0406 e. The largest absolute Gasteiger partial charge is 0.307 e. The molecular weight excluding hydrogens is 242 g/mol. The van der Waals surface area contributed by atoms with Crippen LogP contribution in [0.3, 0.4) is 0 Å². The summed E-state index contributed by atoms with van der Waals surface area (Å²) < 4.78 is 0. The van der Waals surface area contributed by atoms with Crippen LogP contribution in [0.4, 0.5) is 0 Å². The molecule has 1 rings (SSSR count). The van der Waals surface area contributed by atoms with Gasteiger partial charge < -0.3 is 5.32 Å².